The summed E-state index contributed by atoms with van der Waals surface area (Å²) < 4.78 is 15.8. The smallest absolute Gasteiger partial charge is 0.176 e. The number of anilines is 3. The van der Waals surface area contributed by atoms with Crippen LogP contribution in [0.1, 0.15) is 25.0 Å². The zero-order valence-electron chi connectivity index (χ0n) is 25.9. The lowest BCUT2D eigenvalue weighted by molar-refractivity contribution is 0.444. The molecular weight excluding hydrogens is 576 g/mol. The Morgan fingerprint density at radius 2 is 1.23 bits per heavy atom. The SMILES string of the molecule is CC1(C)c2ccccc2-c2cc(N(c3ccc4ccccc4c3)c3ccc4c5cccc6c5n5c4c3Oc3cccc(c3-5)O6)ccc21. The molecule has 11 rings (SSSR count). The molecule has 1 aliphatic carbocycles. The molecule has 0 spiro atoms. The molecule has 3 heterocycles. The molecule has 0 saturated carbocycles. The van der Waals surface area contributed by atoms with Gasteiger partial charge in [-0.15, -0.1) is 0 Å². The number of aromatic nitrogens is 1. The van der Waals surface area contributed by atoms with E-state index in [0.29, 0.717) is 0 Å². The van der Waals surface area contributed by atoms with Gasteiger partial charge in [0, 0.05) is 27.6 Å². The lowest BCUT2D eigenvalue weighted by Gasteiger charge is -2.32. The third-order valence-corrected chi connectivity index (χ3v) is 10.5. The van der Waals surface area contributed by atoms with Gasteiger partial charge in [-0.2, -0.15) is 0 Å². The molecule has 0 bridgehead atoms. The molecule has 0 unspecified atom stereocenters. The van der Waals surface area contributed by atoms with Crippen molar-refractivity contribution in [1.82, 2.24) is 4.57 Å². The zero-order chi connectivity index (χ0) is 31.0. The van der Waals surface area contributed by atoms with Crippen molar-refractivity contribution in [2.45, 2.75) is 19.3 Å². The fourth-order valence-electron chi connectivity index (χ4n) is 8.37. The fourth-order valence-corrected chi connectivity index (χ4v) is 8.37. The normalized spacial score (nSPS) is 14.3. The molecule has 0 N–H and O–H groups in total. The van der Waals surface area contributed by atoms with Crippen molar-refractivity contribution in [1.29, 1.82) is 0 Å². The van der Waals surface area contributed by atoms with Crippen molar-refractivity contribution in [3.05, 3.63) is 145 Å². The number of benzene rings is 7. The summed E-state index contributed by atoms with van der Waals surface area (Å²) in [4.78, 5) is 2.37. The van der Waals surface area contributed by atoms with Gasteiger partial charge in [-0.1, -0.05) is 92.7 Å². The molecule has 222 valence electrons. The van der Waals surface area contributed by atoms with Gasteiger partial charge >= 0.3 is 0 Å². The Morgan fingerprint density at radius 3 is 2.15 bits per heavy atom. The fraction of sp³-hybridized carbons (Fsp3) is 0.0698. The van der Waals surface area contributed by atoms with Gasteiger partial charge in [-0.3, -0.25) is 4.57 Å². The molecular formula is C43H28N2O2. The van der Waals surface area contributed by atoms with E-state index < -0.39 is 0 Å². The predicted octanol–water partition coefficient (Wildman–Crippen LogP) is 11.9. The standard InChI is InChI=1S/C43H28N2O2/c1-43(2)33-13-6-5-11-29(33)32-24-28(19-21-34(32)43)44(27-18-17-25-9-3-4-10-26(25)23-27)35-22-20-31-30-12-7-14-36-39(30)45-40(31)42(35)47-38-16-8-15-37(46-36)41(38)45/h3-24H,1-2H3. The molecule has 0 radical (unpaired) electrons. The first-order chi connectivity index (χ1) is 23.1. The molecule has 47 heavy (non-hydrogen) atoms. The number of para-hydroxylation sites is 2. The quantitative estimate of drug-likeness (QED) is 0.201. The summed E-state index contributed by atoms with van der Waals surface area (Å²) in [5.74, 6) is 3.30. The second-order valence-corrected chi connectivity index (χ2v) is 13.4. The van der Waals surface area contributed by atoms with Crippen molar-refractivity contribution in [2.75, 3.05) is 4.90 Å². The number of hydrogen-bond acceptors (Lipinski definition) is 3. The highest BCUT2D eigenvalue weighted by Crippen LogP contribution is 2.58. The largest absolute Gasteiger partial charge is 0.453 e. The summed E-state index contributed by atoms with van der Waals surface area (Å²) in [7, 11) is 0. The molecule has 4 heteroatoms. The Morgan fingerprint density at radius 1 is 0.532 bits per heavy atom. The van der Waals surface area contributed by atoms with Crippen LogP contribution in [0.2, 0.25) is 0 Å². The average Bonchev–Trinajstić information content (AvgIpc) is 3.56. The lowest BCUT2D eigenvalue weighted by Crippen LogP contribution is -2.16. The van der Waals surface area contributed by atoms with Gasteiger partial charge in [0.2, 0.25) is 0 Å². The number of nitrogens with zero attached hydrogens (tertiary/aromatic N) is 2. The summed E-state index contributed by atoms with van der Waals surface area (Å²) in [6.07, 6.45) is 0. The highest BCUT2D eigenvalue weighted by atomic mass is 16.5. The molecule has 0 fully saturated rings. The van der Waals surface area contributed by atoms with Crippen molar-refractivity contribution in [3.63, 3.8) is 0 Å². The summed E-state index contributed by atoms with van der Waals surface area (Å²) >= 11 is 0. The topological polar surface area (TPSA) is 26.6 Å². The Labute approximate surface area is 271 Å². The Hall–Kier alpha value is -6.00. The van der Waals surface area contributed by atoms with Crippen LogP contribution >= 0.6 is 0 Å². The Bertz CT molecular complexity index is 2680. The number of ether oxygens (including phenoxy) is 2. The maximum atomic E-state index is 6.97. The van der Waals surface area contributed by atoms with E-state index in [0.717, 1.165) is 67.6 Å². The molecule has 0 amide bonds. The van der Waals surface area contributed by atoms with Crippen LogP contribution in [-0.2, 0) is 5.41 Å². The van der Waals surface area contributed by atoms with Crippen molar-refractivity contribution in [3.8, 4) is 39.8 Å². The Kier molecular flexibility index (Phi) is 4.63. The van der Waals surface area contributed by atoms with Crippen LogP contribution in [0.5, 0.6) is 23.0 Å². The average molecular weight is 605 g/mol. The van der Waals surface area contributed by atoms with E-state index in [2.05, 4.69) is 139 Å². The molecule has 4 nitrogen and oxygen atoms in total. The van der Waals surface area contributed by atoms with E-state index in [1.165, 1.54) is 33.0 Å². The highest BCUT2D eigenvalue weighted by Gasteiger charge is 2.37. The molecule has 8 aromatic rings. The van der Waals surface area contributed by atoms with E-state index in [-0.39, 0.29) is 5.41 Å². The maximum absolute atomic E-state index is 6.97. The van der Waals surface area contributed by atoms with E-state index in [1.807, 2.05) is 18.2 Å². The maximum Gasteiger partial charge on any atom is 0.176 e. The van der Waals surface area contributed by atoms with Gasteiger partial charge in [0.1, 0.15) is 5.69 Å². The first-order valence-electron chi connectivity index (χ1n) is 16.2. The molecule has 2 aliphatic heterocycles. The monoisotopic (exact) mass is 604 g/mol. The van der Waals surface area contributed by atoms with E-state index >= 15 is 0 Å². The van der Waals surface area contributed by atoms with Gasteiger partial charge in [0.25, 0.3) is 0 Å². The van der Waals surface area contributed by atoms with Crippen LogP contribution in [0.25, 0.3) is 49.4 Å². The van der Waals surface area contributed by atoms with E-state index in [4.69, 9.17) is 9.47 Å². The van der Waals surface area contributed by atoms with Gasteiger partial charge in [0.15, 0.2) is 23.0 Å². The molecule has 0 atom stereocenters. The van der Waals surface area contributed by atoms with Gasteiger partial charge in [-0.25, -0.2) is 0 Å². The van der Waals surface area contributed by atoms with Crippen LogP contribution in [0.3, 0.4) is 0 Å². The minimum Gasteiger partial charge on any atom is -0.453 e. The molecule has 0 saturated heterocycles. The van der Waals surface area contributed by atoms with Crippen LogP contribution in [0, 0.1) is 0 Å². The highest BCUT2D eigenvalue weighted by molar-refractivity contribution is 6.16. The Balaban J connectivity index is 1.23. The van der Waals surface area contributed by atoms with Crippen molar-refractivity contribution < 1.29 is 9.47 Å². The van der Waals surface area contributed by atoms with Crippen LogP contribution in [-0.4, -0.2) is 4.57 Å². The van der Waals surface area contributed by atoms with Gasteiger partial charge < -0.3 is 14.4 Å². The van der Waals surface area contributed by atoms with Crippen molar-refractivity contribution >= 4 is 49.6 Å². The molecule has 7 aromatic carbocycles. The minimum atomic E-state index is -0.0673. The van der Waals surface area contributed by atoms with Crippen molar-refractivity contribution in [2.24, 2.45) is 0 Å². The summed E-state index contributed by atoms with van der Waals surface area (Å²) in [6, 6.07) is 48.0. The summed E-state index contributed by atoms with van der Waals surface area (Å²) in [5, 5.41) is 4.71. The molecule has 1 aromatic heterocycles. The van der Waals surface area contributed by atoms with Crippen LogP contribution in [0.15, 0.2) is 133 Å². The number of hydrogen-bond donors (Lipinski definition) is 0. The second kappa shape index (κ2) is 8.62. The first-order valence-corrected chi connectivity index (χ1v) is 16.2. The van der Waals surface area contributed by atoms with Crippen LogP contribution < -0.4 is 14.4 Å². The van der Waals surface area contributed by atoms with Gasteiger partial charge in [0.05, 0.1) is 16.7 Å². The predicted molar refractivity (Wildman–Crippen MR) is 191 cm³/mol. The molecule has 3 aliphatic rings. The third kappa shape index (κ3) is 3.17. The first kappa shape index (κ1) is 25.2. The summed E-state index contributed by atoms with van der Waals surface area (Å²) in [5.41, 5.74) is 11.5. The van der Waals surface area contributed by atoms with Gasteiger partial charge in [-0.05, 0) is 87.6 Å². The third-order valence-electron chi connectivity index (χ3n) is 10.5. The lowest BCUT2D eigenvalue weighted by atomic mass is 9.82. The number of rotatable bonds is 3. The number of fused-ring (bicyclic) bond motifs is 5. The minimum absolute atomic E-state index is 0.0673. The van der Waals surface area contributed by atoms with E-state index in [9.17, 15) is 0 Å². The second-order valence-electron chi connectivity index (χ2n) is 13.4. The summed E-state index contributed by atoms with van der Waals surface area (Å²) in [6.45, 7) is 4.66. The zero-order valence-corrected chi connectivity index (χ0v) is 25.9. The van der Waals surface area contributed by atoms with Crippen LogP contribution in [0.4, 0.5) is 17.1 Å². The van der Waals surface area contributed by atoms with E-state index in [1.54, 1.807) is 0 Å².